The fourth-order valence-electron chi connectivity index (χ4n) is 2.95. The predicted octanol–water partition coefficient (Wildman–Crippen LogP) is 3.19. The Morgan fingerprint density at radius 2 is 2.29 bits per heavy atom. The summed E-state index contributed by atoms with van der Waals surface area (Å²) >= 11 is 8.21. The van der Waals surface area contributed by atoms with Gasteiger partial charge in [-0.15, -0.1) is 0 Å². The number of hydrogen-bond acceptors (Lipinski definition) is 5. The molecule has 3 rings (SSSR count). The molecule has 3 heterocycles. The molecule has 0 aromatic carbocycles. The van der Waals surface area contributed by atoms with Crippen LogP contribution in [0.1, 0.15) is 20.1 Å². The van der Waals surface area contributed by atoms with E-state index in [2.05, 4.69) is 16.6 Å². The number of halogens is 2. The molecule has 2 aromatic heterocycles. The molecule has 1 aliphatic rings. The summed E-state index contributed by atoms with van der Waals surface area (Å²) in [5, 5.41) is 0.190. The second kappa shape index (κ2) is 6.69. The van der Waals surface area contributed by atoms with E-state index in [9.17, 15) is 4.39 Å². The van der Waals surface area contributed by atoms with E-state index < -0.39 is 22.7 Å². The number of anilines is 1. The van der Waals surface area contributed by atoms with E-state index in [-0.39, 0.29) is 23.2 Å². The van der Waals surface area contributed by atoms with Gasteiger partial charge in [0.25, 0.3) is 0 Å². The Morgan fingerprint density at radius 1 is 1.58 bits per heavy atom. The van der Waals surface area contributed by atoms with Crippen LogP contribution in [0.5, 0.6) is 0 Å². The third kappa shape index (κ3) is 3.06. The summed E-state index contributed by atoms with van der Waals surface area (Å²) in [5.41, 5.74) is 6.16. The normalized spacial score (nSPS) is 30.9. The summed E-state index contributed by atoms with van der Waals surface area (Å²) in [5.74, 6) is -0.770. The van der Waals surface area contributed by atoms with Gasteiger partial charge in [0.05, 0.1) is 0 Å². The van der Waals surface area contributed by atoms with Crippen molar-refractivity contribution in [2.45, 2.75) is 31.1 Å². The first-order valence-electron chi connectivity index (χ1n) is 7.38. The van der Waals surface area contributed by atoms with Gasteiger partial charge in [0.2, 0.25) is 0 Å². The molecule has 1 fully saturated rings. The molecular formula is C14H18ClFN4O2PW+. The van der Waals surface area contributed by atoms with Gasteiger partial charge < -0.3 is 0 Å². The van der Waals surface area contributed by atoms with Crippen molar-refractivity contribution in [1.82, 2.24) is 14.5 Å². The van der Waals surface area contributed by atoms with Crippen LogP contribution in [0.25, 0.3) is 11.0 Å². The molecular weight excluding hydrogens is 525 g/mol. The number of nitrogens with zero attached hydrogens (tertiary/aromatic N) is 3. The number of ether oxygens (including phenoxy) is 1. The molecule has 10 heteroatoms. The molecule has 0 aliphatic carbocycles. The molecule has 6 nitrogen and oxygen atoms in total. The number of nitrogens with two attached hydrogens (primary N) is 1. The van der Waals surface area contributed by atoms with Crippen LogP contribution in [0.4, 0.5) is 10.2 Å². The summed E-state index contributed by atoms with van der Waals surface area (Å²) in [6, 6.07) is 0. The van der Waals surface area contributed by atoms with Crippen LogP contribution in [0.3, 0.4) is 0 Å². The van der Waals surface area contributed by atoms with Crippen molar-refractivity contribution in [2.75, 3.05) is 19.0 Å². The second-order valence-electron chi connectivity index (χ2n) is 6.04. The summed E-state index contributed by atoms with van der Waals surface area (Å²) in [7, 11) is 0. The molecule has 130 valence electrons. The van der Waals surface area contributed by atoms with Crippen LogP contribution in [0, 0.1) is 11.7 Å². The Bertz CT molecular complexity index is 802. The van der Waals surface area contributed by atoms with Crippen LogP contribution in [0.15, 0.2) is 12.5 Å². The van der Waals surface area contributed by atoms with Crippen molar-refractivity contribution in [3.8, 4) is 0 Å². The van der Waals surface area contributed by atoms with Gasteiger partial charge in [0.1, 0.15) is 0 Å². The van der Waals surface area contributed by atoms with Crippen LogP contribution < -0.4 is 5.73 Å². The molecule has 2 N–H and O–H groups in total. The summed E-state index contributed by atoms with van der Waals surface area (Å²) in [4.78, 5) is 7.28. The van der Waals surface area contributed by atoms with E-state index in [1.807, 2.05) is 13.8 Å². The number of alkyl halides is 1. The molecule has 5 atom stereocenters. The fraction of sp³-hybridized carbons (Fsp3) is 0.571. The van der Waals surface area contributed by atoms with Gasteiger partial charge in [-0.25, -0.2) is 0 Å². The Labute approximate surface area is 155 Å². The Hall–Kier alpha value is -0.452. The van der Waals surface area contributed by atoms with Gasteiger partial charge in [0, 0.05) is 0 Å². The van der Waals surface area contributed by atoms with Crippen LogP contribution in [-0.2, 0) is 28.1 Å². The van der Waals surface area contributed by atoms with E-state index in [1.54, 1.807) is 4.57 Å². The van der Waals surface area contributed by atoms with Crippen molar-refractivity contribution in [3.63, 3.8) is 0 Å². The van der Waals surface area contributed by atoms with E-state index in [1.165, 1.54) is 31.3 Å². The molecule has 0 amide bonds. The first-order chi connectivity index (χ1) is 11.2. The summed E-state index contributed by atoms with van der Waals surface area (Å²) < 4.78 is 27.9. The molecule has 1 aliphatic heterocycles. The summed E-state index contributed by atoms with van der Waals surface area (Å²) in [6.45, 7) is 6.46. The molecule has 0 bridgehead atoms. The van der Waals surface area contributed by atoms with Gasteiger partial charge >= 0.3 is 156 Å². The SMILES string of the molecule is C[C@@H]1[C@@H](CO[P+](C)=[W])O[C@@H](n2cc(F)c3c(N)ncnc32)[C@]1(C)Cl. The summed E-state index contributed by atoms with van der Waals surface area (Å²) in [6.07, 6.45) is 1.90. The van der Waals surface area contributed by atoms with Gasteiger partial charge in [-0.3, -0.25) is 0 Å². The third-order valence-corrected chi connectivity index (χ3v) is 6.68. The first-order valence-corrected chi connectivity index (χ1v) is 13.3. The van der Waals surface area contributed by atoms with Crippen molar-refractivity contribution >= 4 is 34.2 Å². The van der Waals surface area contributed by atoms with Gasteiger partial charge in [-0.2, -0.15) is 0 Å². The van der Waals surface area contributed by atoms with Gasteiger partial charge in [-0.1, -0.05) is 0 Å². The Kier molecular flexibility index (Phi) is 5.12. The molecule has 0 spiro atoms. The molecule has 24 heavy (non-hydrogen) atoms. The number of hydrogen-bond donors (Lipinski definition) is 1. The topological polar surface area (TPSA) is 75.2 Å². The van der Waals surface area contributed by atoms with Crippen molar-refractivity contribution in [3.05, 3.63) is 18.3 Å². The molecule has 1 unspecified atom stereocenters. The quantitative estimate of drug-likeness (QED) is 0.474. The fourth-order valence-corrected chi connectivity index (χ4v) is 4.26. The van der Waals surface area contributed by atoms with Gasteiger partial charge in [-0.05, 0) is 0 Å². The van der Waals surface area contributed by atoms with Crippen molar-refractivity contribution < 1.29 is 32.5 Å². The second-order valence-corrected chi connectivity index (χ2v) is 13.5. The maximum absolute atomic E-state index is 14.3. The minimum absolute atomic E-state index is 0.0220. The average Bonchev–Trinajstić information content (AvgIpc) is 2.94. The van der Waals surface area contributed by atoms with Crippen LogP contribution in [-0.4, -0.2) is 38.8 Å². The monoisotopic (exact) mass is 543 g/mol. The van der Waals surface area contributed by atoms with Crippen LogP contribution >= 0.6 is 17.4 Å². The number of nitrogen functional groups attached to an aromatic ring is 1. The van der Waals surface area contributed by atoms with Gasteiger partial charge in [0.15, 0.2) is 0 Å². The Morgan fingerprint density at radius 3 is 2.96 bits per heavy atom. The van der Waals surface area contributed by atoms with Crippen molar-refractivity contribution in [1.29, 1.82) is 0 Å². The third-order valence-electron chi connectivity index (χ3n) is 4.50. The molecule has 1 saturated heterocycles. The molecule has 2 aromatic rings. The molecule has 0 saturated carbocycles. The zero-order chi connectivity index (χ0) is 17.6. The minimum atomic E-state index is -0.733. The van der Waals surface area contributed by atoms with Crippen molar-refractivity contribution in [2.24, 2.45) is 5.92 Å². The predicted molar refractivity (Wildman–Crippen MR) is 88.0 cm³/mol. The van der Waals surface area contributed by atoms with Crippen LogP contribution in [0.2, 0.25) is 0 Å². The van der Waals surface area contributed by atoms with E-state index in [4.69, 9.17) is 26.6 Å². The van der Waals surface area contributed by atoms with E-state index in [0.29, 0.717) is 12.3 Å². The molecule has 0 radical (unpaired) electrons. The average molecular weight is 544 g/mol. The number of fused-ring (bicyclic) bond motifs is 1. The number of rotatable bonds is 4. The zero-order valence-electron chi connectivity index (χ0n) is 13.4. The standard InChI is InChI=1S/C14H18ClFN4O2P.W/c1-7-9(5-21-23-3)22-13(14(7,2)15)20-4-8(16)10-11(17)18-6-19-12(10)20;/h4,6-7,9,13H,5H2,1-3H3,(H2,17,18,19);/q-1;+2/t7-,9-,13-,14-;/m1./s1. The first kappa shape index (κ1) is 18.3. The van der Waals surface area contributed by atoms with E-state index in [0.717, 1.165) is 0 Å². The van der Waals surface area contributed by atoms with E-state index >= 15 is 0 Å². The number of aromatic nitrogens is 3. The maximum atomic E-state index is 14.3. The Balaban J connectivity index is 2.00. The zero-order valence-corrected chi connectivity index (χ0v) is 18.0.